The highest BCUT2D eigenvalue weighted by atomic mass is 32.2. The Morgan fingerprint density at radius 1 is 1.00 bits per heavy atom. The second-order valence-electron chi connectivity index (χ2n) is 7.12. The van der Waals surface area contributed by atoms with E-state index in [1.807, 2.05) is 18.7 Å². The molecule has 29 heavy (non-hydrogen) atoms. The van der Waals surface area contributed by atoms with Gasteiger partial charge in [-0.1, -0.05) is 18.2 Å². The molecule has 8 heteroatoms. The predicted octanol–water partition coefficient (Wildman–Crippen LogP) is 3.93. The molecule has 0 aliphatic carbocycles. The summed E-state index contributed by atoms with van der Waals surface area (Å²) in [6.07, 6.45) is -0.184. The third-order valence-corrected chi connectivity index (χ3v) is 6.35. The van der Waals surface area contributed by atoms with Gasteiger partial charge in [0.05, 0.1) is 17.1 Å². The molecule has 2 heterocycles. The largest absolute Gasteiger partial charge is 0.419 e. The third-order valence-electron chi connectivity index (χ3n) is 4.69. The minimum atomic E-state index is -3.91. The van der Waals surface area contributed by atoms with Gasteiger partial charge in [0.25, 0.3) is 0 Å². The Hall–Kier alpha value is -2.71. The van der Waals surface area contributed by atoms with E-state index in [0.29, 0.717) is 18.7 Å². The number of halogens is 1. The average molecular weight is 416 g/mol. The standard InChI is InChI=1S/C21H21FN2O4S/c1-14-12-24(13-15(2)27-14)21-20(29(25,26)18-6-4-3-5-7-18)23-19(28-21)16-8-10-17(22)11-9-16/h3-11,14-15H,12-13H2,1-2H3. The Labute approximate surface area is 168 Å². The topological polar surface area (TPSA) is 72.6 Å². The molecule has 0 N–H and O–H groups in total. The maximum Gasteiger partial charge on any atom is 0.236 e. The minimum absolute atomic E-state index is 0.0922. The minimum Gasteiger partial charge on any atom is -0.419 e. The molecule has 152 valence electrons. The number of sulfone groups is 1. The van der Waals surface area contributed by atoms with Crippen molar-refractivity contribution in [2.75, 3.05) is 18.0 Å². The second kappa shape index (κ2) is 7.61. The van der Waals surface area contributed by atoms with E-state index in [2.05, 4.69) is 4.98 Å². The highest BCUT2D eigenvalue weighted by Crippen LogP contribution is 2.35. The molecule has 0 saturated carbocycles. The van der Waals surface area contributed by atoms with Crippen LogP contribution >= 0.6 is 0 Å². The van der Waals surface area contributed by atoms with E-state index >= 15 is 0 Å². The second-order valence-corrected chi connectivity index (χ2v) is 8.98. The highest BCUT2D eigenvalue weighted by Gasteiger charge is 2.34. The zero-order valence-corrected chi connectivity index (χ0v) is 16.9. The number of aromatic nitrogens is 1. The van der Waals surface area contributed by atoms with Crippen molar-refractivity contribution >= 4 is 15.7 Å². The first-order valence-electron chi connectivity index (χ1n) is 9.32. The lowest BCUT2D eigenvalue weighted by Crippen LogP contribution is -2.45. The molecule has 1 fully saturated rings. The number of nitrogens with zero attached hydrogens (tertiary/aromatic N) is 2. The van der Waals surface area contributed by atoms with Crippen molar-refractivity contribution in [1.82, 2.24) is 4.98 Å². The van der Waals surface area contributed by atoms with Crippen LogP contribution in [0.1, 0.15) is 13.8 Å². The summed E-state index contributed by atoms with van der Waals surface area (Å²) >= 11 is 0. The maximum atomic E-state index is 13.3. The van der Waals surface area contributed by atoms with E-state index in [4.69, 9.17) is 9.15 Å². The zero-order chi connectivity index (χ0) is 20.6. The van der Waals surface area contributed by atoms with Gasteiger partial charge in [-0.2, -0.15) is 4.98 Å². The van der Waals surface area contributed by atoms with Crippen molar-refractivity contribution in [3.63, 3.8) is 0 Å². The summed E-state index contributed by atoms with van der Waals surface area (Å²) in [5.41, 5.74) is 0.497. The van der Waals surface area contributed by atoms with Crippen LogP contribution in [0.15, 0.2) is 68.9 Å². The summed E-state index contributed by atoms with van der Waals surface area (Å²) in [4.78, 5) is 6.30. The number of rotatable bonds is 4. The van der Waals surface area contributed by atoms with Gasteiger partial charge in [0.1, 0.15) is 5.82 Å². The van der Waals surface area contributed by atoms with Crippen LogP contribution < -0.4 is 4.90 Å². The molecule has 0 amide bonds. The van der Waals surface area contributed by atoms with Crippen LogP contribution in [0, 0.1) is 5.82 Å². The molecule has 3 aromatic rings. The highest BCUT2D eigenvalue weighted by molar-refractivity contribution is 7.91. The maximum absolute atomic E-state index is 13.3. The number of oxazole rings is 1. The van der Waals surface area contributed by atoms with Crippen LogP contribution in [0.3, 0.4) is 0 Å². The quantitative estimate of drug-likeness (QED) is 0.642. The van der Waals surface area contributed by atoms with Crippen LogP contribution in [-0.4, -0.2) is 38.7 Å². The van der Waals surface area contributed by atoms with E-state index in [1.54, 1.807) is 18.2 Å². The molecule has 4 rings (SSSR count). The first-order valence-corrected chi connectivity index (χ1v) is 10.8. The number of anilines is 1. The summed E-state index contributed by atoms with van der Waals surface area (Å²) in [6, 6.07) is 13.7. The lowest BCUT2D eigenvalue weighted by atomic mass is 10.2. The summed E-state index contributed by atoms with van der Waals surface area (Å²) in [7, 11) is -3.91. The molecule has 0 bridgehead atoms. The van der Waals surface area contributed by atoms with Gasteiger partial charge in [-0.15, -0.1) is 0 Å². The van der Waals surface area contributed by atoms with Crippen molar-refractivity contribution in [2.24, 2.45) is 0 Å². The molecule has 1 saturated heterocycles. The normalized spacial score (nSPS) is 20.0. The lowest BCUT2D eigenvalue weighted by molar-refractivity contribution is -0.00657. The van der Waals surface area contributed by atoms with E-state index < -0.39 is 15.7 Å². The van der Waals surface area contributed by atoms with Gasteiger partial charge >= 0.3 is 0 Å². The SMILES string of the molecule is CC1CN(c2oc(-c3ccc(F)cc3)nc2S(=O)(=O)c2ccccc2)CC(C)O1. The van der Waals surface area contributed by atoms with Gasteiger partial charge < -0.3 is 14.1 Å². The van der Waals surface area contributed by atoms with Gasteiger partial charge in [0.2, 0.25) is 26.6 Å². The van der Waals surface area contributed by atoms with E-state index in [1.165, 1.54) is 36.4 Å². The van der Waals surface area contributed by atoms with Crippen LogP contribution in [0.2, 0.25) is 0 Å². The Morgan fingerprint density at radius 2 is 1.62 bits per heavy atom. The molecular formula is C21H21FN2O4S. The summed E-state index contributed by atoms with van der Waals surface area (Å²) in [5.74, 6) is -0.0926. The Kier molecular flexibility index (Phi) is 5.14. The fourth-order valence-electron chi connectivity index (χ4n) is 3.44. The Bertz CT molecular complexity index is 1090. The lowest BCUT2D eigenvalue weighted by Gasteiger charge is -2.35. The molecule has 0 spiro atoms. The van der Waals surface area contributed by atoms with E-state index in [9.17, 15) is 12.8 Å². The van der Waals surface area contributed by atoms with Crippen molar-refractivity contribution in [1.29, 1.82) is 0 Å². The van der Waals surface area contributed by atoms with Crippen molar-refractivity contribution in [3.05, 3.63) is 60.4 Å². The Balaban J connectivity index is 1.85. The summed E-state index contributed by atoms with van der Waals surface area (Å²) in [5, 5.41) is -0.149. The molecule has 6 nitrogen and oxygen atoms in total. The zero-order valence-electron chi connectivity index (χ0n) is 16.1. The molecular weight excluding hydrogens is 395 g/mol. The van der Waals surface area contributed by atoms with Crippen molar-refractivity contribution in [3.8, 4) is 11.5 Å². The number of ether oxygens (including phenoxy) is 1. The monoisotopic (exact) mass is 416 g/mol. The van der Waals surface area contributed by atoms with Gasteiger partial charge in [-0.3, -0.25) is 0 Å². The van der Waals surface area contributed by atoms with E-state index in [-0.39, 0.29) is 33.9 Å². The van der Waals surface area contributed by atoms with E-state index in [0.717, 1.165) is 0 Å². The molecule has 1 aromatic heterocycles. The van der Waals surface area contributed by atoms with Crippen LogP contribution in [0.5, 0.6) is 0 Å². The number of hydrogen-bond acceptors (Lipinski definition) is 6. The molecule has 1 aliphatic rings. The smallest absolute Gasteiger partial charge is 0.236 e. The van der Waals surface area contributed by atoms with Crippen LogP contribution in [0.4, 0.5) is 10.3 Å². The fraction of sp³-hybridized carbons (Fsp3) is 0.286. The molecule has 1 aliphatic heterocycles. The van der Waals surface area contributed by atoms with Gasteiger partial charge in [-0.25, -0.2) is 12.8 Å². The predicted molar refractivity (Wildman–Crippen MR) is 106 cm³/mol. The third kappa shape index (κ3) is 3.90. The summed E-state index contributed by atoms with van der Waals surface area (Å²) in [6.45, 7) is 4.79. The Morgan fingerprint density at radius 3 is 2.24 bits per heavy atom. The summed E-state index contributed by atoms with van der Waals surface area (Å²) < 4.78 is 51.6. The van der Waals surface area contributed by atoms with Crippen molar-refractivity contribution in [2.45, 2.75) is 36.0 Å². The fourth-order valence-corrected chi connectivity index (χ4v) is 4.79. The molecule has 2 aromatic carbocycles. The first kappa shape index (κ1) is 19.6. The number of benzene rings is 2. The molecule has 0 radical (unpaired) electrons. The first-order chi connectivity index (χ1) is 13.8. The molecule has 2 unspecified atom stereocenters. The van der Waals surface area contributed by atoms with Crippen LogP contribution in [0.25, 0.3) is 11.5 Å². The van der Waals surface area contributed by atoms with Crippen LogP contribution in [-0.2, 0) is 14.6 Å². The molecule has 2 atom stereocenters. The van der Waals surface area contributed by atoms with Gasteiger partial charge in [0.15, 0.2) is 0 Å². The number of hydrogen-bond donors (Lipinski definition) is 0. The van der Waals surface area contributed by atoms with Crippen molar-refractivity contribution < 1.29 is 22.0 Å². The van der Waals surface area contributed by atoms with Gasteiger partial charge in [-0.05, 0) is 50.2 Å². The average Bonchev–Trinajstić information content (AvgIpc) is 3.15. The number of morpholine rings is 1. The van der Waals surface area contributed by atoms with Gasteiger partial charge in [0, 0.05) is 18.7 Å².